The molecule has 3 fully saturated rings. The number of esters is 2. The van der Waals surface area contributed by atoms with Crippen LogP contribution in [0.15, 0.2) is 0 Å². The Hall–Kier alpha value is -1.35. The van der Waals surface area contributed by atoms with Crippen LogP contribution in [-0.2, 0) is 23.8 Å². The second kappa shape index (κ2) is 4.83. The lowest BCUT2D eigenvalue weighted by Crippen LogP contribution is -2.52. The number of carbonyl (C=O) groups is 2. The summed E-state index contributed by atoms with van der Waals surface area (Å²) in [6.07, 6.45) is -9.96. The highest BCUT2D eigenvalue weighted by Crippen LogP contribution is 2.62. The maximum absolute atomic E-state index is 13.3. The van der Waals surface area contributed by atoms with Gasteiger partial charge < -0.3 is 19.3 Å². The SMILES string of the molecule is CCC(C)(CO)C(=O)OC1C2CC3(C(F)(F)F)C(=O)OC1C3O2. The predicted octanol–water partition coefficient (Wildman–Crippen LogP) is 0.952. The van der Waals surface area contributed by atoms with Crippen LogP contribution in [0.4, 0.5) is 13.2 Å². The van der Waals surface area contributed by atoms with E-state index in [4.69, 9.17) is 14.2 Å². The van der Waals surface area contributed by atoms with Crippen LogP contribution in [0.1, 0.15) is 26.7 Å². The van der Waals surface area contributed by atoms with Gasteiger partial charge in [0, 0.05) is 6.42 Å². The lowest BCUT2D eigenvalue weighted by atomic mass is 9.73. The number of rotatable bonds is 4. The monoisotopic (exact) mass is 338 g/mol. The Balaban J connectivity index is 1.82. The summed E-state index contributed by atoms with van der Waals surface area (Å²) in [4.78, 5) is 24.0. The second-order valence-electron chi connectivity index (χ2n) is 6.58. The summed E-state index contributed by atoms with van der Waals surface area (Å²) in [5.74, 6) is -2.12. The number of hydrogen-bond donors (Lipinski definition) is 1. The second-order valence-corrected chi connectivity index (χ2v) is 6.58. The number of aliphatic hydroxyl groups is 1. The molecule has 0 aliphatic carbocycles. The third-order valence-electron chi connectivity index (χ3n) is 5.30. The fourth-order valence-corrected chi connectivity index (χ4v) is 3.40. The molecule has 9 heteroatoms. The molecular formula is C14H17F3O6. The number of fused-ring (bicyclic) bond motifs is 1. The van der Waals surface area contributed by atoms with Gasteiger partial charge in [0.15, 0.2) is 17.6 Å². The predicted molar refractivity (Wildman–Crippen MR) is 67.0 cm³/mol. The van der Waals surface area contributed by atoms with Gasteiger partial charge in [-0.2, -0.15) is 13.2 Å². The van der Waals surface area contributed by atoms with Gasteiger partial charge in [0.25, 0.3) is 0 Å². The normalized spacial score (nSPS) is 40.9. The van der Waals surface area contributed by atoms with E-state index < -0.39 is 66.4 Å². The van der Waals surface area contributed by atoms with Gasteiger partial charge in [-0.3, -0.25) is 9.59 Å². The van der Waals surface area contributed by atoms with E-state index in [0.29, 0.717) is 6.42 Å². The number of alkyl halides is 3. The van der Waals surface area contributed by atoms with Crippen molar-refractivity contribution < 1.29 is 42.1 Å². The molecule has 3 heterocycles. The van der Waals surface area contributed by atoms with E-state index in [9.17, 15) is 27.9 Å². The number of halogens is 3. The number of aliphatic hydroxyl groups excluding tert-OH is 1. The summed E-state index contributed by atoms with van der Waals surface area (Å²) >= 11 is 0. The Morgan fingerprint density at radius 2 is 2.13 bits per heavy atom. The van der Waals surface area contributed by atoms with Crippen molar-refractivity contribution in [2.75, 3.05) is 6.61 Å². The molecule has 130 valence electrons. The third-order valence-corrected chi connectivity index (χ3v) is 5.30. The van der Waals surface area contributed by atoms with Gasteiger partial charge in [0.1, 0.15) is 12.2 Å². The highest BCUT2D eigenvalue weighted by molar-refractivity contribution is 5.83. The van der Waals surface area contributed by atoms with E-state index in [1.54, 1.807) is 6.92 Å². The Morgan fingerprint density at radius 1 is 1.48 bits per heavy atom. The fourth-order valence-electron chi connectivity index (χ4n) is 3.40. The van der Waals surface area contributed by atoms with Crippen molar-refractivity contribution in [2.45, 2.75) is 57.3 Å². The van der Waals surface area contributed by atoms with Crippen molar-refractivity contribution in [1.82, 2.24) is 0 Å². The van der Waals surface area contributed by atoms with E-state index in [-0.39, 0.29) is 0 Å². The molecule has 3 rings (SSSR count). The quantitative estimate of drug-likeness (QED) is 0.769. The Labute approximate surface area is 129 Å². The van der Waals surface area contributed by atoms with E-state index >= 15 is 0 Å². The first-order valence-corrected chi connectivity index (χ1v) is 7.36. The molecule has 0 aromatic rings. The molecule has 0 aromatic carbocycles. The summed E-state index contributed by atoms with van der Waals surface area (Å²) in [7, 11) is 0. The molecule has 23 heavy (non-hydrogen) atoms. The average molecular weight is 338 g/mol. The molecule has 0 amide bonds. The maximum atomic E-state index is 13.3. The van der Waals surface area contributed by atoms with Crippen LogP contribution in [0, 0.1) is 10.8 Å². The van der Waals surface area contributed by atoms with Gasteiger partial charge in [0.05, 0.1) is 12.0 Å². The van der Waals surface area contributed by atoms with Crippen LogP contribution < -0.4 is 0 Å². The molecule has 0 aromatic heterocycles. The first kappa shape index (κ1) is 16.5. The van der Waals surface area contributed by atoms with E-state index in [0.717, 1.165) is 0 Å². The minimum absolute atomic E-state index is 0.293. The molecule has 2 bridgehead atoms. The third kappa shape index (κ3) is 1.95. The molecule has 6 unspecified atom stereocenters. The van der Waals surface area contributed by atoms with Crippen molar-refractivity contribution in [3.05, 3.63) is 0 Å². The minimum Gasteiger partial charge on any atom is -0.455 e. The van der Waals surface area contributed by atoms with E-state index in [1.165, 1.54) is 6.92 Å². The Bertz CT molecular complexity index is 543. The van der Waals surface area contributed by atoms with Gasteiger partial charge in [-0.1, -0.05) is 6.92 Å². The molecule has 0 radical (unpaired) electrons. The van der Waals surface area contributed by atoms with Crippen molar-refractivity contribution in [3.8, 4) is 0 Å². The van der Waals surface area contributed by atoms with Gasteiger partial charge in [-0.05, 0) is 13.3 Å². The van der Waals surface area contributed by atoms with Crippen molar-refractivity contribution in [3.63, 3.8) is 0 Å². The maximum Gasteiger partial charge on any atom is 0.407 e. The van der Waals surface area contributed by atoms with Crippen LogP contribution in [0.3, 0.4) is 0 Å². The molecule has 0 saturated carbocycles. The first-order valence-electron chi connectivity index (χ1n) is 7.36. The lowest BCUT2D eigenvalue weighted by molar-refractivity contribution is -0.228. The standard InChI is InChI=1S/C14H17F3O6/c1-3-12(2,5-18)10(19)22-7-6-4-13(14(15,16)17)9(21-6)8(7)23-11(13)20/h6-9,18H,3-5H2,1-2H3. The summed E-state index contributed by atoms with van der Waals surface area (Å²) < 4.78 is 55.3. The van der Waals surface area contributed by atoms with Gasteiger partial charge in [-0.15, -0.1) is 0 Å². The van der Waals surface area contributed by atoms with Crippen LogP contribution in [0.25, 0.3) is 0 Å². The number of carbonyl (C=O) groups excluding carboxylic acids is 2. The summed E-state index contributed by atoms with van der Waals surface area (Å²) in [5, 5.41) is 9.32. The van der Waals surface area contributed by atoms with Crippen LogP contribution in [0.2, 0.25) is 0 Å². The molecule has 3 aliphatic rings. The molecule has 1 N–H and O–H groups in total. The van der Waals surface area contributed by atoms with Crippen LogP contribution >= 0.6 is 0 Å². The first-order chi connectivity index (χ1) is 10.6. The summed E-state index contributed by atoms with van der Waals surface area (Å²) in [6.45, 7) is 2.71. The largest absolute Gasteiger partial charge is 0.455 e. The van der Waals surface area contributed by atoms with Gasteiger partial charge >= 0.3 is 18.1 Å². The summed E-state index contributed by atoms with van der Waals surface area (Å²) in [5.41, 5.74) is -3.82. The topological polar surface area (TPSA) is 82.1 Å². The van der Waals surface area contributed by atoms with Crippen molar-refractivity contribution in [1.29, 1.82) is 0 Å². The van der Waals surface area contributed by atoms with Crippen LogP contribution in [0.5, 0.6) is 0 Å². The zero-order valence-electron chi connectivity index (χ0n) is 12.6. The fraction of sp³-hybridized carbons (Fsp3) is 0.857. The van der Waals surface area contributed by atoms with Crippen molar-refractivity contribution in [2.24, 2.45) is 10.8 Å². The number of ether oxygens (including phenoxy) is 3. The van der Waals surface area contributed by atoms with E-state index in [2.05, 4.69) is 0 Å². The molecule has 6 atom stereocenters. The average Bonchev–Trinajstić information content (AvgIpc) is 3.08. The van der Waals surface area contributed by atoms with Crippen molar-refractivity contribution >= 4 is 11.9 Å². The van der Waals surface area contributed by atoms with Crippen LogP contribution in [-0.4, -0.2) is 54.2 Å². The highest BCUT2D eigenvalue weighted by atomic mass is 19.4. The lowest BCUT2D eigenvalue weighted by Gasteiger charge is -2.32. The molecular weight excluding hydrogens is 321 g/mol. The Morgan fingerprint density at radius 3 is 2.65 bits per heavy atom. The smallest absolute Gasteiger partial charge is 0.407 e. The molecule has 3 aliphatic heterocycles. The molecule has 0 spiro atoms. The van der Waals surface area contributed by atoms with Gasteiger partial charge in [-0.25, -0.2) is 0 Å². The minimum atomic E-state index is -4.78. The molecule has 3 saturated heterocycles. The zero-order valence-corrected chi connectivity index (χ0v) is 12.6. The highest BCUT2D eigenvalue weighted by Gasteiger charge is 2.82. The van der Waals surface area contributed by atoms with Gasteiger partial charge in [0.2, 0.25) is 0 Å². The summed E-state index contributed by atoms with van der Waals surface area (Å²) in [6, 6.07) is 0. The number of hydrogen-bond acceptors (Lipinski definition) is 6. The zero-order chi connectivity index (χ0) is 17.2. The molecule has 6 nitrogen and oxygen atoms in total. The van der Waals surface area contributed by atoms with E-state index in [1.807, 2.05) is 0 Å². The Kier molecular flexibility index (Phi) is 3.46.